The third kappa shape index (κ3) is 3.60. The molecule has 0 saturated carbocycles. The summed E-state index contributed by atoms with van der Waals surface area (Å²) >= 11 is 1.43. The van der Waals surface area contributed by atoms with Crippen molar-refractivity contribution in [1.82, 2.24) is 19.6 Å². The van der Waals surface area contributed by atoms with Crippen molar-refractivity contribution in [3.05, 3.63) is 59.9 Å². The van der Waals surface area contributed by atoms with Gasteiger partial charge >= 0.3 is 165 Å². The van der Waals surface area contributed by atoms with Crippen molar-refractivity contribution >= 4 is 48.1 Å². The zero-order valence-electron chi connectivity index (χ0n) is 15.1. The summed E-state index contributed by atoms with van der Waals surface area (Å²) in [5, 5.41) is 14.5. The molecule has 0 amide bonds. The fourth-order valence-corrected chi connectivity index (χ4v) is 9.02. The number of fused-ring (bicyclic) bond motifs is 2. The van der Waals surface area contributed by atoms with E-state index in [1.165, 1.54) is 32.4 Å². The van der Waals surface area contributed by atoms with Crippen molar-refractivity contribution in [2.75, 3.05) is 0 Å². The Bertz CT molecular complexity index is 951. The van der Waals surface area contributed by atoms with Crippen LogP contribution in [-0.4, -0.2) is 45.8 Å². The number of hydrogen-bond acceptors (Lipinski definition) is 2. The van der Waals surface area contributed by atoms with Gasteiger partial charge in [0, 0.05) is 0 Å². The molecule has 4 aromatic rings. The molecule has 0 fully saturated rings. The zero-order valence-corrected chi connectivity index (χ0v) is 18.5. The molecule has 0 aliphatic carbocycles. The Kier molecular flexibility index (Phi) is 5.46. The first-order valence-corrected chi connectivity index (χ1v) is 15.6. The van der Waals surface area contributed by atoms with Crippen LogP contribution in [0.4, 0.5) is 0 Å². The van der Waals surface area contributed by atoms with E-state index in [1.54, 1.807) is 0 Å². The van der Waals surface area contributed by atoms with Crippen LogP contribution in [0.5, 0.6) is 0 Å². The van der Waals surface area contributed by atoms with Gasteiger partial charge < -0.3 is 0 Å². The van der Waals surface area contributed by atoms with Crippen LogP contribution in [0, 0.1) is 13.8 Å². The number of aromatic nitrogens is 4. The molecule has 0 saturated heterocycles. The summed E-state index contributed by atoms with van der Waals surface area (Å²) in [5.41, 5.74) is 4.82. The molecule has 0 spiro atoms. The van der Waals surface area contributed by atoms with Gasteiger partial charge in [-0.3, -0.25) is 0 Å². The van der Waals surface area contributed by atoms with Crippen LogP contribution in [0.3, 0.4) is 0 Å². The van der Waals surface area contributed by atoms with Crippen molar-refractivity contribution in [2.45, 2.75) is 37.6 Å². The van der Waals surface area contributed by atoms with Gasteiger partial charge in [-0.15, -0.1) is 0 Å². The Morgan fingerprint density at radius 2 is 1.12 bits per heavy atom. The van der Waals surface area contributed by atoms with E-state index < -0.39 is 0 Å². The second kappa shape index (κ2) is 7.97. The van der Waals surface area contributed by atoms with E-state index in [-0.39, 0.29) is 0 Å². The molecule has 134 valence electrons. The van der Waals surface area contributed by atoms with E-state index in [0.29, 0.717) is 26.3 Å². The van der Waals surface area contributed by atoms with Gasteiger partial charge in [0.05, 0.1) is 0 Å². The van der Waals surface area contributed by atoms with Crippen molar-refractivity contribution in [3.8, 4) is 0 Å². The van der Waals surface area contributed by atoms with Crippen LogP contribution in [-0.2, 0) is 13.1 Å². The molecule has 0 atom stereocenters. The van der Waals surface area contributed by atoms with Crippen LogP contribution in [0.2, 0.25) is 10.6 Å². The average Bonchev–Trinajstić information content (AvgIpc) is 3.16. The summed E-state index contributed by atoms with van der Waals surface area (Å²) in [6.07, 6.45) is 0. The van der Waals surface area contributed by atoms with Crippen molar-refractivity contribution in [3.63, 3.8) is 0 Å². The first kappa shape index (κ1) is 17.8. The van der Waals surface area contributed by atoms with Crippen molar-refractivity contribution in [2.24, 2.45) is 0 Å². The summed E-state index contributed by atoms with van der Waals surface area (Å²) in [5.74, 6) is 0. The first-order chi connectivity index (χ1) is 12.7. The number of rotatable bonds is 7. The van der Waals surface area contributed by atoms with E-state index in [0.717, 1.165) is 24.5 Å². The van der Waals surface area contributed by atoms with E-state index in [4.69, 9.17) is 10.2 Å². The van der Waals surface area contributed by atoms with Crippen molar-refractivity contribution in [1.29, 1.82) is 0 Å². The third-order valence-corrected chi connectivity index (χ3v) is 11.8. The summed E-state index contributed by atoms with van der Waals surface area (Å²) in [4.78, 5) is 0. The predicted octanol–water partition coefficient (Wildman–Crippen LogP) is 3.86. The molecule has 4 nitrogen and oxygen atoms in total. The molecule has 6 heteroatoms. The number of aryl methyl sites for hydroxylation is 4. The molecule has 0 aliphatic heterocycles. The van der Waals surface area contributed by atoms with Crippen LogP contribution >= 0.6 is 0 Å². The average molecular weight is 476 g/mol. The minimum atomic E-state index is 0.714. The minimum absolute atomic E-state index is 0.714. The number of para-hydroxylation sites is 2. The van der Waals surface area contributed by atoms with E-state index in [9.17, 15) is 0 Å². The van der Waals surface area contributed by atoms with E-state index in [1.807, 2.05) is 0 Å². The molecule has 0 aliphatic rings. The van der Waals surface area contributed by atoms with Crippen molar-refractivity contribution < 1.29 is 0 Å². The molecule has 26 heavy (non-hydrogen) atoms. The molecule has 2 heterocycles. The Hall–Kier alpha value is -1.58. The van der Waals surface area contributed by atoms with Gasteiger partial charge in [-0.2, -0.15) is 0 Å². The first-order valence-electron chi connectivity index (χ1n) is 8.83. The third-order valence-electron chi connectivity index (χ3n) is 4.54. The predicted molar refractivity (Wildman–Crippen MR) is 110 cm³/mol. The Balaban J connectivity index is 1.28. The van der Waals surface area contributed by atoms with Crippen LogP contribution < -0.4 is 0 Å². The quantitative estimate of drug-likeness (QED) is 0.300. The van der Waals surface area contributed by atoms with Crippen LogP contribution in [0.15, 0.2) is 48.5 Å². The zero-order chi connectivity index (χ0) is 17.9. The number of nitrogens with zero attached hydrogens (tertiary/aromatic N) is 4. The molecule has 4 rings (SSSR count). The van der Waals surface area contributed by atoms with Gasteiger partial charge in [-0.25, -0.2) is 0 Å². The van der Waals surface area contributed by atoms with Gasteiger partial charge in [0.1, 0.15) is 0 Å². The monoisotopic (exact) mass is 478 g/mol. The molecular weight excluding hydrogens is 454 g/mol. The summed E-state index contributed by atoms with van der Waals surface area (Å²) in [6, 6.07) is 17.1. The Labute approximate surface area is 164 Å². The fraction of sp³-hybridized carbons (Fsp3) is 0.300. The second-order valence-corrected chi connectivity index (χ2v) is 14.1. The molecule has 2 aromatic carbocycles. The molecule has 2 aromatic heterocycles. The molecule has 0 unspecified atom stereocenters. The summed E-state index contributed by atoms with van der Waals surface area (Å²) in [6.45, 7) is 6.29. The van der Waals surface area contributed by atoms with Gasteiger partial charge in [0.15, 0.2) is 0 Å². The topological polar surface area (TPSA) is 35.6 Å². The SMILES string of the molecule is Cc1nn(CC[Se][Se]CCn2nc(C)c3ccccc32)c2ccccc12. The van der Waals surface area contributed by atoms with Gasteiger partial charge in [0.25, 0.3) is 0 Å². The maximum absolute atomic E-state index is 4.71. The van der Waals surface area contributed by atoms with Gasteiger partial charge in [-0.1, -0.05) is 0 Å². The Morgan fingerprint density at radius 3 is 1.58 bits per heavy atom. The Morgan fingerprint density at radius 1 is 0.692 bits per heavy atom. The number of hydrogen-bond donors (Lipinski definition) is 0. The van der Waals surface area contributed by atoms with Crippen LogP contribution in [0.25, 0.3) is 21.8 Å². The standard InChI is InChI=1S/C20H22N4Se2/c1-15-17-7-3-5-9-19(17)23(21-15)11-13-25-26-14-12-24-20-10-6-4-8-18(20)16(2)22-24/h3-10H,11-14H2,1-2H3. The summed E-state index contributed by atoms with van der Waals surface area (Å²) in [7, 11) is 0. The summed E-state index contributed by atoms with van der Waals surface area (Å²) < 4.78 is 4.37. The molecule has 0 bridgehead atoms. The second-order valence-electron chi connectivity index (χ2n) is 6.30. The van der Waals surface area contributed by atoms with Gasteiger partial charge in [0.2, 0.25) is 0 Å². The van der Waals surface area contributed by atoms with Crippen LogP contribution in [0.1, 0.15) is 11.4 Å². The maximum atomic E-state index is 4.71. The molecule has 0 N–H and O–H groups in total. The fourth-order valence-electron chi connectivity index (χ4n) is 3.29. The molecule has 0 radical (unpaired) electrons. The van der Waals surface area contributed by atoms with E-state index in [2.05, 4.69) is 71.7 Å². The normalized spacial score (nSPS) is 11.6. The molecular formula is C20H22N4Se2. The van der Waals surface area contributed by atoms with Gasteiger partial charge in [-0.05, 0) is 0 Å². The number of benzene rings is 2. The van der Waals surface area contributed by atoms with E-state index >= 15 is 0 Å².